The van der Waals surface area contributed by atoms with Crippen molar-refractivity contribution in [3.63, 3.8) is 0 Å². The highest BCUT2D eigenvalue weighted by molar-refractivity contribution is 5.98. The van der Waals surface area contributed by atoms with E-state index in [1.54, 1.807) is 0 Å². The highest BCUT2D eigenvalue weighted by Crippen LogP contribution is 2.22. The maximum atomic E-state index is 12.5. The largest absolute Gasteiger partial charge is 0.373 e. The summed E-state index contributed by atoms with van der Waals surface area (Å²) in [7, 11) is 1.93. The number of benzene rings is 1. The lowest BCUT2D eigenvalue weighted by Gasteiger charge is -2.35. The first kappa shape index (κ1) is 14.7. The second-order valence-corrected chi connectivity index (χ2v) is 6.60. The molecule has 1 aromatic heterocycles. The van der Waals surface area contributed by atoms with Gasteiger partial charge < -0.3 is 14.6 Å². The second kappa shape index (κ2) is 5.98. The Balaban J connectivity index is 1.40. The lowest BCUT2D eigenvalue weighted by molar-refractivity contribution is -0.0462. The van der Waals surface area contributed by atoms with Gasteiger partial charge in [-0.15, -0.1) is 0 Å². The third kappa shape index (κ3) is 2.75. The van der Waals surface area contributed by atoms with Gasteiger partial charge in [-0.05, 0) is 31.5 Å². The molecule has 2 atom stereocenters. The van der Waals surface area contributed by atoms with Crippen molar-refractivity contribution in [2.45, 2.75) is 25.0 Å². The van der Waals surface area contributed by atoms with Gasteiger partial charge in [0.2, 0.25) is 0 Å². The van der Waals surface area contributed by atoms with Gasteiger partial charge in [-0.2, -0.15) is 0 Å². The van der Waals surface area contributed by atoms with Crippen LogP contribution in [0.3, 0.4) is 0 Å². The first-order chi connectivity index (χ1) is 11.2. The molecule has 0 radical (unpaired) electrons. The minimum Gasteiger partial charge on any atom is -0.373 e. The quantitative estimate of drug-likeness (QED) is 0.939. The number of carbonyl (C=O) groups excluding carboxylic acids is 1. The van der Waals surface area contributed by atoms with Gasteiger partial charge in [-0.3, -0.25) is 9.69 Å². The number of fused-ring (bicyclic) bond motifs is 2. The lowest BCUT2D eigenvalue weighted by atomic mass is 10.2. The third-order valence-corrected chi connectivity index (χ3v) is 5.14. The zero-order chi connectivity index (χ0) is 15.8. The van der Waals surface area contributed by atoms with Gasteiger partial charge >= 0.3 is 0 Å². The van der Waals surface area contributed by atoms with E-state index < -0.39 is 0 Å². The molecule has 4 rings (SSSR count). The lowest BCUT2D eigenvalue weighted by Crippen LogP contribution is -2.50. The van der Waals surface area contributed by atoms with E-state index in [1.807, 2.05) is 41.9 Å². The molecule has 23 heavy (non-hydrogen) atoms. The average Bonchev–Trinajstić information content (AvgIpc) is 3.17. The Bertz CT molecular complexity index is 724. The number of amides is 1. The first-order valence-electron chi connectivity index (χ1n) is 8.40. The SMILES string of the molecule is Cn1c(C(=O)NC[C@@H]2CN3CCC[C@@H]3CO2)cc2ccccc21. The highest BCUT2D eigenvalue weighted by Gasteiger charge is 2.32. The molecule has 5 heteroatoms. The predicted octanol–water partition coefficient (Wildman–Crippen LogP) is 1.77. The number of hydrogen-bond acceptors (Lipinski definition) is 3. The molecule has 1 amide bonds. The average molecular weight is 313 g/mol. The number of hydrogen-bond donors (Lipinski definition) is 1. The summed E-state index contributed by atoms with van der Waals surface area (Å²) < 4.78 is 7.85. The van der Waals surface area contributed by atoms with Gasteiger partial charge in [-0.25, -0.2) is 0 Å². The fraction of sp³-hybridized carbons (Fsp3) is 0.500. The van der Waals surface area contributed by atoms with Crippen molar-refractivity contribution in [2.75, 3.05) is 26.2 Å². The van der Waals surface area contributed by atoms with E-state index in [4.69, 9.17) is 4.74 Å². The molecule has 0 unspecified atom stereocenters. The molecule has 1 aromatic carbocycles. The van der Waals surface area contributed by atoms with Crippen LogP contribution < -0.4 is 5.32 Å². The van der Waals surface area contributed by atoms with Crippen LogP contribution in [-0.2, 0) is 11.8 Å². The summed E-state index contributed by atoms with van der Waals surface area (Å²) in [4.78, 5) is 15.0. The fourth-order valence-corrected chi connectivity index (χ4v) is 3.81. The number of para-hydroxylation sites is 1. The van der Waals surface area contributed by atoms with E-state index in [-0.39, 0.29) is 12.0 Å². The van der Waals surface area contributed by atoms with Gasteiger partial charge in [0.15, 0.2) is 0 Å². The van der Waals surface area contributed by atoms with Crippen molar-refractivity contribution in [3.8, 4) is 0 Å². The number of morpholine rings is 1. The highest BCUT2D eigenvalue weighted by atomic mass is 16.5. The van der Waals surface area contributed by atoms with E-state index >= 15 is 0 Å². The van der Waals surface area contributed by atoms with Gasteiger partial charge in [-0.1, -0.05) is 18.2 Å². The summed E-state index contributed by atoms with van der Waals surface area (Å²) in [6.45, 7) is 3.47. The van der Waals surface area contributed by atoms with Crippen LogP contribution in [-0.4, -0.2) is 53.8 Å². The number of ether oxygens (including phenoxy) is 1. The van der Waals surface area contributed by atoms with Crippen LogP contribution in [0.5, 0.6) is 0 Å². The van der Waals surface area contributed by atoms with Crippen molar-refractivity contribution in [1.82, 2.24) is 14.8 Å². The molecule has 0 bridgehead atoms. The first-order valence-corrected chi connectivity index (χ1v) is 8.40. The van der Waals surface area contributed by atoms with Gasteiger partial charge in [0.05, 0.1) is 12.7 Å². The van der Waals surface area contributed by atoms with E-state index in [2.05, 4.69) is 10.2 Å². The summed E-state index contributed by atoms with van der Waals surface area (Å²) in [5, 5.41) is 4.13. The molecule has 0 saturated carbocycles. The van der Waals surface area contributed by atoms with E-state index in [1.165, 1.54) is 19.4 Å². The third-order valence-electron chi connectivity index (χ3n) is 5.14. The molecular weight excluding hydrogens is 290 g/mol. The molecule has 2 saturated heterocycles. The summed E-state index contributed by atoms with van der Waals surface area (Å²) in [6.07, 6.45) is 2.61. The number of rotatable bonds is 3. The second-order valence-electron chi connectivity index (χ2n) is 6.60. The van der Waals surface area contributed by atoms with Crippen molar-refractivity contribution in [3.05, 3.63) is 36.0 Å². The number of aryl methyl sites for hydroxylation is 1. The van der Waals surface area contributed by atoms with Crippen LogP contribution in [0.4, 0.5) is 0 Å². The monoisotopic (exact) mass is 313 g/mol. The molecule has 0 aliphatic carbocycles. The fourth-order valence-electron chi connectivity index (χ4n) is 3.81. The van der Waals surface area contributed by atoms with Gasteiger partial charge in [0.1, 0.15) is 5.69 Å². The van der Waals surface area contributed by atoms with Crippen LogP contribution in [0.1, 0.15) is 23.3 Å². The van der Waals surface area contributed by atoms with Crippen LogP contribution >= 0.6 is 0 Å². The number of nitrogens with one attached hydrogen (secondary N) is 1. The molecule has 122 valence electrons. The zero-order valence-corrected chi connectivity index (χ0v) is 13.5. The molecule has 2 aliphatic rings. The van der Waals surface area contributed by atoms with Crippen LogP contribution in [0.15, 0.2) is 30.3 Å². The minimum atomic E-state index is -0.0316. The van der Waals surface area contributed by atoms with Crippen molar-refractivity contribution < 1.29 is 9.53 Å². The Hall–Kier alpha value is -1.85. The van der Waals surface area contributed by atoms with Crippen molar-refractivity contribution >= 4 is 16.8 Å². The molecule has 1 N–H and O–H groups in total. The molecular formula is C18H23N3O2. The Morgan fingerprint density at radius 2 is 2.26 bits per heavy atom. The van der Waals surface area contributed by atoms with E-state index in [0.29, 0.717) is 18.3 Å². The standard InChI is InChI=1S/C18H23N3O2/c1-20-16-7-3-2-5-13(16)9-17(20)18(22)19-10-15-11-21-8-4-6-14(21)12-23-15/h2-3,5,7,9,14-15H,4,6,8,10-12H2,1H3,(H,19,22)/t14-,15-/m1/s1. The van der Waals surface area contributed by atoms with Crippen molar-refractivity contribution in [1.29, 1.82) is 0 Å². The summed E-state index contributed by atoms with van der Waals surface area (Å²) in [6, 6.07) is 10.6. The summed E-state index contributed by atoms with van der Waals surface area (Å²) in [5.74, 6) is -0.0316. The maximum Gasteiger partial charge on any atom is 0.268 e. The molecule has 2 aromatic rings. The molecule has 3 heterocycles. The van der Waals surface area contributed by atoms with Crippen LogP contribution in [0.25, 0.3) is 10.9 Å². The smallest absolute Gasteiger partial charge is 0.268 e. The minimum absolute atomic E-state index is 0.0316. The number of aromatic nitrogens is 1. The Labute approximate surface area is 136 Å². The topological polar surface area (TPSA) is 46.5 Å². The number of nitrogens with zero attached hydrogens (tertiary/aromatic N) is 2. The van der Waals surface area contributed by atoms with Crippen LogP contribution in [0.2, 0.25) is 0 Å². The Morgan fingerprint density at radius 3 is 3.13 bits per heavy atom. The van der Waals surface area contributed by atoms with E-state index in [0.717, 1.165) is 24.1 Å². The summed E-state index contributed by atoms with van der Waals surface area (Å²) >= 11 is 0. The normalized spacial score (nSPS) is 24.7. The predicted molar refractivity (Wildman–Crippen MR) is 89.6 cm³/mol. The maximum absolute atomic E-state index is 12.5. The molecule has 2 fully saturated rings. The van der Waals surface area contributed by atoms with Gasteiger partial charge in [0, 0.05) is 37.1 Å². The summed E-state index contributed by atoms with van der Waals surface area (Å²) in [5.41, 5.74) is 1.77. The van der Waals surface area contributed by atoms with Crippen LogP contribution in [0, 0.1) is 0 Å². The Morgan fingerprint density at radius 1 is 1.39 bits per heavy atom. The van der Waals surface area contributed by atoms with Crippen molar-refractivity contribution in [2.24, 2.45) is 7.05 Å². The zero-order valence-electron chi connectivity index (χ0n) is 13.5. The van der Waals surface area contributed by atoms with E-state index in [9.17, 15) is 4.79 Å². The molecule has 2 aliphatic heterocycles. The number of carbonyl (C=O) groups is 1. The Kier molecular flexibility index (Phi) is 3.83. The van der Waals surface area contributed by atoms with Gasteiger partial charge in [0.25, 0.3) is 5.91 Å². The molecule has 5 nitrogen and oxygen atoms in total. The molecule has 0 spiro atoms.